The Morgan fingerprint density at radius 3 is 2.23 bits per heavy atom. The van der Waals surface area contributed by atoms with Gasteiger partial charge in [0, 0.05) is 6.92 Å². The fraction of sp³-hybridized carbons (Fsp3) is 0.889. The highest BCUT2D eigenvalue weighted by atomic mass is 16.7. The van der Waals surface area contributed by atoms with Crippen molar-refractivity contribution in [2.75, 3.05) is 7.11 Å². The van der Waals surface area contributed by atoms with E-state index in [2.05, 4.69) is 4.74 Å². The average molecular weight is 188 g/mol. The molecule has 1 aliphatic heterocycles. The Bertz CT molecular complexity index is 192. The summed E-state index contributed by atoms with van der Waals surface area (Å²) in [4.78, 5) is 11.3. The third-order valence-corrected chi connectivity index (χ3v) is 2.07. The van der Waals surface area contributed by atoms with Gasteiger partial charge in [-0.05, 0) is 20.3 Å². The van der Waals surface area contributed by atoms with Crippen molar-refractivity contribution in [3.05, 3.63) is 0 Å². The molecule has 1 heterocycles. The van der Waals surface area contributed by atoms with E-state index in [1.807, 2.05) is 13.8 Å². The minimum atomic E-state index is -1.23. The zero-order valence-electron chi connectivity index (χ0n) is 8.49. The molecule has 1 saturated heterocycles. The van der Waals surface area contributed by atoms with Crippen LogP contribution in [0.1, 0.15) is 27.2 Å². The Balaban J connectivity index is 2.71. The zero-order valence-corrected chi connectivity index (χ0v) is 8.49. The largest absolute Gasteiger partial charge is 0.465 e. The van der Waals surface area contributed by atoms with Crippen LogP contribution in [0.25, 0.3) is 0 Å². The maximum absolute atomic E-state index is 11.3. The van der Waals surface area contributed by atoms with Gasteiger partial charge in [0.15, 0.2) is 0 Å². The highest BCUT2D eigenvalue weighted by Crippen LogP contribution is 2.27. The van der Waals surface area contributed by atoms with Crippen molar-refractivity contribution >= 4 is 5.97 Å². The fourth-order valence-electron chi connectivity index (χ4n) is 1.64. The summed E-state index contributed by atoms with van der Waals surface area (Å²) in [7, 11) is 1.32. The van der Waals surface area contributed by atoms with E-state index in [9.17, 15) is 4.79 Å². The number of ether oxygens (including phenoxy) is 3. The summed E-state index contributed by atoms with van der Waals surface area (Å²) >= 11 is 0. The molecule has 0 N–H and O–H groups in total. The quantitative estimate of drug-likeness (QED) is 0.578. The molecule has 0 saturated carbocycles. The molecule has 0 aliphatic carbocycles. The van der Waals surface area contributed by atoms with Crippen molar-refractivity contribution in [1.82, 2.24) is 0 Å². The minimum Gasteiger partial charge on any atom is -0.465 e. The molecule has 0 aromatic carbocycles. The Kier molecular flexibility index (Phi) is 2.93. The first-order chi connectivity index (χ1) is 5.98. The molecule has 76 valence electrons. The lowest BCUT2D eigenvalue weighted by molar-refractivity contribution is -0.296. The van der Waals surface area contributed by atoms with Crippen LogP contribution < -0.4 is 0 Å². The van der Waals surface area contributed by atoms with Gasteiger partial charge in [0.25, 0.3) is 5.79 Å². The first-order valence-electron chi connectivity index (χ1n) is 4.42. The molecule has 13 heavy (non-hydrogen) atoms. The molecule has 1 aliphatic rings. The van der Waals surface area contributed by atoms with E-state index in [1.54, 1.807) is 6.92 Å². The van der Waals surface area contributed by atoms with Crippen molar-refractivity contribution in [3.8, 4) is 0 Å². The number of esters is 1. The van der Waals surface area contributed by atoms with E-state index in [4.69, 9.17) is 9.47 Å². The van der Waals surface area contributed by atoms with Crippen LogP contribution in [-0.4, -0.2) is 31.1 Å². The highest BCUT2D eigenvalue weighted by Gasteiger charge is 2.43. The van der Waals surface area contributed by atoms with Gasteiger partial charge in [-0.3, -0.25) is 0 Å². The van der Waals surface area contributed by atoms with Crippen LogP contribution in [0, 0.1) is 0 Å². The molecule has 0 unspecified atom stereocenters. The Hall–Kier alpha value is -0.610. The smallest absolute Gasteiger partial charge is 0.366 e. The van der Waals surface area contributed by atoms with E-state index in [1.165, 1.54) is 7.11 Å². The van der Waals surface area contributed by atoms with Crippen molar-refractivity contribution in [2.24, 2.45) is 0 Å². The van der Waals surface area contributed by atoms with Crippen LogP contribution in [-0.2, 0) is 19.0 Å². The monoisotopic (exact) mass is 188 g/mol. The second-order valence-corrected chi connectivity index (χ2v) is 3.53. The van der Waals surface area contributed by atoms with Crippen LogP contribution in [0.5, 0.6) is 0 Å². The molecule has 0 bridgehead atoms. The number of hydrogen-bond acceptors (Lipinski definition) is 4. The van der Waals surface area contributed by atoms with Crippen LogP contribution in [0.3, 0.4) is 0 Å². The standard InChI is InChI=1S/C9H16O4/c1-6-5-7(2)13-9(3,12-6)8(10)11-4/h6-7H,5H2,1-4H3/t6-,7-/m0/s1. The lowest BCUT2D eigenvalue weighted by atomic mass is 10.1. The zero-order chi connectivity index (χ0) is 10.1. The fourth-order valence-corrected chi connectivity index (χ4v) is 1.64. The van der Waals surface area contributed by atoms with E-state index in [0.717, 1.165) is 6.42 Å². The van der Waals surface area contributed by atoms with Gasteiger partial charge in [-0.2, -0.15) is 0 Å². The van der Waals surface area contributed by atoms with Gasteiger partial charge in [-0.1, -0.05) is 0 Å². The summed E-state index contributed by atoms with van der Waals surface area (Å²) < 4.78 is 15.4. The topological polar surface area (TPSA) is 44.8 Å². The molecule has 0 aromatic heterocycles. The number of methoxy groups -OCH3 is 1. The Morgan fingerprint density at radius 2 is 1.85 bits per heavy atom. The molecule has 4 nitrogen and oxygen atoms in total. The molecular weight excluding hydrogens is 172 g/mol. The molecule has 4 heteroatoms. The van der Waals surface area contributed by atoms with Crippen molar-refractivity contribution in [3.63, 3.8) is 0 Å². The van der Waals surface area contributed by atoms with Gasteiger partial charge in [0.2, 0.25) is 0 Å². The van der Waals surface area contributed by atoms with Gasteiger partial charge in [-0.25, -0.2) is 4.79 Å². The predicted molar refractivity (Wildman–Crippen MR) is 46.1 cm³/mol. The molecule has 0 radical (unpaired) electrons. The maximum atomic E-state index is 11.3. The van der Waals surface area contributed by atoms with Crippen LogP contribution in [0.15, 0.2) is 0 Å². The summed E-state index contributed by atoms with van der Waals surface area (Å²) in [6, 6.07) is 0. The molecule has 0 spiro atoms. The molecule has 1 fully saturated rings. The summed E-state index contributed by atoms with van der Waals surface area (Å²) in [6.45, 7) is 5.42. The molecular formula is C9H16O4. The Labute approximate surface area is 78.2 Å². The number of rotatable bonds is 1. The van der Waals surface area contributed by atoms with Gasteiger partial charge in [0.05, 0.1) is 19.3 Å². The number of carbonyl (C=O) groups is 1. The SMILES string of the molecule is COC(=O)C1(C)O[C@@H](C)C[C@H](C)O1. The van der Waals surface area contributed by atoms with Gasteiger partial charge >= 0.3 is 5.97 Å². The van der Waals surface area contributed by atoms with Gasteiger partial charge < -0.3 is 14.2 Å². The van der Waals surface area contributed by atoms with Crippen LogP contribution in [0.2, 0.25) is 0 Å². The van der Waals surface area contributed by atoms with Crippen molar-refractivity contribution < 1.29 is 19.0 Å². The van der Waals surface area contributed by atoms with E-state index in [-0.39, 0.29) is 12.2 Å². The second-order valence-electron chi connectivity index (χ2n) is 3.53. The van der Waals surface area contributed by atoms with Crippen LogP contribution in [0.4, 0.5) is 0 Å². The van der Waals surface area contributed by atoms with E-state index >= 15 is 0 Å². The van der Waals surface area contributed by atoms with E-state index < -0.39 is 11.8 Å². The molecule has 2 atom stereocenters. The number of hydrogen-bond donors (Lipinski definition) is 0. The van der Waals surface area contributed by atoms with Crippen LogP contribution >= 0.6 is 0 Å². The summed E-state index contributed by atoms with van der Waals surface area (Å²) in [5, 5.41) is 0. The summed E-state index contributed by atoms with van der Waals surface area (Å²) in [5.74, 6) is -1.71. The second kappa shape index (κ2) is 3.64. The molecule has 0 aromatic rings. The summed E-state index contributed by atoms with van der Waals surface area (Å²) in [6.07, 6.45) is 0.841. The van der Waals surface area contributed by atoms with Gasteiger partial charge in [-0.15, -0.1) is 0 Å². The third-order valence-electron chi connectivity index (χ3n) is 2.07. The van der Waals surface area contributed by atoms with Gasteiger partial charge in [0.1, 0.15) is 0 Å². The lowest BCUT2D eigenvalue weighted by Crippen LogP contribution is -2.50. The van der Waals surface area contributed by atoms with Crippen molar-refractivity contribution in [1.29, 1.82) is 0 Å². The number of carbonyl (C=O) groups excluding carboxylic acids is 1. The minimum absolute atomic E-state index is 0.0212. The maximum Gasteiger partial charge on any atom is 0.366 e. The molecule has 1 rings (SSSR count). The van der Waals surface area contributed by atoms with E-state index in [0.29, 0.717) is 0 Å². The highest BCUT2D eigenvalue weighted by molar-refractivity contribution is 5.77. The summed E-state index contributed by atoms with van der Waals surface area (Å²) in [5.41, 5.74) is 0. The Morgan fingerprint density at radius 1 is 1.38 bits per heavy atom. The normalized spacial score (nSPS) is 40.0. The molecule has 0 amide bonds. The van der Waals surface area contributed by atoms with Crippen molar-refractivity contribution in [2.45, 2.75) is 45.2 Å². The average Bonchev–Trinajstić information content (AvgIpc) is 2.00. The third kappa shape index (κ3) is 2.19. The first-order valence-corrected chi connectivity index (χ1v) is 4.42. The first kappa shape index (κ1) is 10.5. The lowest BCUT2D eigenvalue weighted by Gasteiger charge is -2.38. The predicted octanol–water partition coefficient (Wildman–Crippen LogP) is 1.09.